The van der Waals surface area contributed by atoms with Gasteiger partial charge in [-0.05, 0) is 0 Å². The Morgan fingerprint density at radius 1 is 0.800 bits per heavy atom. The number of hydrogen-bond acceptors (Lipinski definition) is 0. The number of halogens is 5. The molecule has 0 saturated carbocycles. The number of hydrogen-bond donors (Lipinski definition) is 0. The van der Waals surface area contributed by atoms with E-state index in [4.69, 9.17) is 49.7 Å². The molecule has 0 unspecified atom stereocenters. The van der Waals surface area contributed by atoms with E-state index < -0.39 is 14.0 Å². The Bertz CT molecular complexity index is 148. The first-order chi connectivity index (χ1) is 4.39. The van der Waals surface area contributed by atoms with Crippen molar-refractivity contribution in [1.29, 1.82) is 0 Å². The van der Waals surface area contributed by atoms with Crippen LogP contribution in [0.15, 0.2) is 19.1 Å². The van der Waals surface area contributed by atoms with Crippen molar-refractivity contribution in [2.75, 3.05) is 0 Å². The first kappa shape index (κ1) is 11.7. The second kappa shape index (κ2) is 4.12. The van der Waals surface area contributed by atoms with E-state index in [0.717, 1.165) is 0 Å². The first-order valence-electron chi connectivity index (χ1n) is 2.13. The molecule has 0 rings (SSSR count). The van der Waals surface area contributed by atoms with Crippen LogP contribution in [0.4, 0.5) is 0 Å². The van der Waals surface area contributed by atoms with Gasteiger partial charge in [0.15, 0.2) is 0 Å². The molecule has 0 N–H and O–H groups in total. The molecule has 0 fully saturated rings. The Labute approximate surface area is 81.8 Å². The van der Waals surface area contributed by atoms with Crippen molar-refractivity contribution in [1.82, 2.24) is 0 Å². The molecular formula is C4H4Cl5Sb. The first-order valence-corrected chi connectivity index (χ1v) is 15.6. The van der Waals surface area contributed by atoms with Gasteiger partial charge in [0.25, 0.3) is 0 Å². The predicted octanol–water partition coefficient (Wildman–Crippen LogP) is 4.18. The maximum atomic E-state index is 5.78. The molecule has 0 spiro atoms. The molecule has 0 aromatic carbocycles. The van der Waals surface area contributed by atoms with Crippen LogP contribution in [0.25, 0.3) is 0 Å². The molecular weight excluding hydrogens is 347 g/mol. The zero-order valence-corrected chi connectivity index (χ0v) is 11.0. The molecule has 60 valence electrons. The van der Waals surface area contributed by atoms with Gasteiger partial charge >= 0.3 is 82.8 Å². The molecule has 0 amide bonds. The van der Waals surface area contributed by atoms with Crippen molar-refractivity contribution >= 4 is 63.7 Å². The summed E-state index contributed by atoms with van der Waals surface area (Å²) in [6.07, 6.45) is 0. The summed E-state index contributed by atoms with van der Waals surface area (Å²) in [5.74, 6) is 0. The fraction of sp³-hybridized carbons (Fsp3) is 0. The van der Waals surface area contributed by atoms with Crippen LogP contribution in [0.2, 0.25) is 0 Å². The molecule has 0 aliphatic rings. The van der Waals surface area contributed by atoms with Crippen LogP contribution in [-0.4, -0.2) is 14.0 Å². The molecule has 0 aliphatic heterocycles. The summed E-state index contributed by atoms with van der Waals surface area (Å²) in [6.45, 7) is 0. The third-order valence-electron chi connectivity index (χ3n) is 0.623. The minimum atomic E-state index is -4.11. The molecule has 0 heterocycles. The van der Waals surface area contributed by atoms with Crippen molar-refractivity contribution in [3.8, 4) is 0 Å². The van der Waals surface area contributed by atoms with E-state index in [2.05, 4.69) is 0 Å². The van der Waals surface area contributed by atoms with Gasteiger partial charge in [0.1, 0.15) is 0 Å². The second-order valence-corrected chi connectivity index (χ2v) is 27.1. The quantitative estimate of drug-likeness (QED) is 0.655. The fourth-order valence-electron chi connectivity index (χ4n) is 0.243. The molecule has 0 bridgehead atoms. The Morgan fingerprint density at radius 2 is 1.10 bits per heavy atom. The Morgan fingerprint density at radius 3 is 1.30 bits per heavy atom. The van der Waals surface area contributed by atoms with Crippen LogP contribution in [-0.2, 0) is 0 Å². The third kappa shape index (κ3) is 5.41. The summed E-state index contributed by atoms with van der Waals surface area (Å²) in [5.41, 5.74) is 2.40. The Hall–Kier alpha value is 1.75. The number of rotatable bonds is 2. The van der Waals surface area contributed by atoms with E-state index in [9.17, 15) is 0 Å². The molecule has 0 atom stereocenters. The maximum absolute atomic E-state index is 5.78. The summed E-state index contributed by atoms with van der Waals surface area (Å²) < 4.78 is 2.77. The topological polar surface area (TPSA) is 0 Å². The van der Waals surface area contributed by atoms with E-state index in [-0.39, 0.29) is 0 Å². The second-order valence-electron chi connectivity index (χ2n) is 1.48. The monoisotopic (exact) mass is 348 g/mol. The third-order valence-corrected chi connectivity index (χ3v) is 10.2. The van der Waals surface area contributed by atoms with Gasteiger partial charge in [-0.15, -0.1) is 0 Å². The molecule has 10 heavy (non-hydrogen) atoms. The molecule has 6 heteroatoms. The zero-order chi connectivity index (χ0) is 8.28. The zero-order valence-electron chi connectivity index (χ0n) is 4.65. The summed E-state index contributed by atoms with van der Waals surface area (Å²) in [5, 5.41) is 0. The Kier molecular flexibility index (Phi) is 4.84. The average Bonchev–Trinajstić information content (AvgIpc) is 1.61. The molecule has 0 aromatic heterocycles. The molecule has 0 nitrogen and oxygen atoms in total. The van der Waals surface area contributed by atoms with Crippen molar-refractivity contribution in [2.45, 2.75) is 0 Å². The van der Waals surface area contributed by atoms with Gasteiger partial charge in [0, 0.05) is 0 Å². The van der Waals surface area contributed by atoms with Gasteiger partial charge in [0.2, 0.25) is 0 Å². The normalized spacial score (nSPS) is 17.9. The van der Waals surface area contributed by atoms with Gasteiger partial charge in [-0.3, -0.25) is 0 Å². The summed E-state index contributed by atoms with van der Waals surface area (Å²) in [4.78, 5) is 0. The van der Waals surface area contributed by atoms with Crippen molar-refractivity contribution in [3.05, 3.63) is 19.1 Å². The van der Waals surface area contributed by atoms with Crippen molar-refractivity contribution in [3.63, 3.8) is 0 Å². The van der Waals surface area contributed by atoms with Crippen LogP contribution in [0.1, 0.15) is 0 Å². The molecule has 0 aromatic rings. The van der Waals surface area contributed by atoms with Gasteiger partial charge in [-0.1, -0.05) is 0 Å². The Balaban J connectivity index is 4.58. The van der Waals surface area contributed by atoms with Crippen LogP contribution < -0.4 is 0 Å². The molecule has 0 radical (unpaired) electrons. The average molecular weight is 351 g/mol. The van der Waals surface area contributed by atoms with Crippen LogP contribution in [0.3, 0.4) is 0 Å². The van der Waals surface area contributed by atoms with Crippen LogP contribution >= 0.6 is 49.7 Å². The van der Waals surface area contributed by atoms with Gasteiger partial charge in [-0.2, -0.15) is 0 Å². The van der Waals surface area contributed by atoms with E-state index in [1.54, 1.807) is 0 Å². The van der Waals surface area contributed by atoms with Crippen molar-refractivity contribution in [2.24, 2.45) is 0 Å². The fourth-order valence-corrected chi connectivity index (χ4v) is 9.36. The van der Waals surface area contributed by atoms with Crippen molar-refractivity contribution < 1.29 is 0 Å². The van der Waals surface area contributed by atoms with E-state index in [1.165, 1.54) is 19.1 Å². The van der Waals surface area contributed by atoms with Gasteiger partial charge in [0.05, 0.1) is 0 Å². The molecule has 0 aliphatic carbocycles. The van der Waals surface area contributed by atoms with Crippen LogP contribution in [0.5, 0.6) is 0 Å². The van der Waals surface area contributed by atoms with Gasteiger partial charge in [-0.25, -0.2) is 0 Å². The molecule has 0 saturated heterocycles. The minimum absolute atomic E-state index is 1.20. The summed E-state index contributed by atoms with van der Waals surface area (Å²) in [6, 6.07) is 0. The standard InChI is InChI=1S/2C2H2Cl.3ClH.Sb/c2*1-2-3;;;;/h2*1-2H;3*1H;/q;;;;;+3/p-3. The predicted molar refractivity (Wildman–Crippen MR) is 53.3 cm³/mol. The van der Waals surface area contributed by atoms with E-state index >= 15 is 0 Å². The SMILES string of the molecule is ClC=[CH][Sb]([Cl])([Cl])([Cl])[CH]=CCl. The van der Waals surface area contributed by atoms with E-state index in [0.29, 0.717) is 0 Å². The van der Waals surface area contributed by atoms with E-state index in [1.807, 2.05) is 0 Å². The summed E-state index contributed by atoms with van der Waals surface area (Å²) >= 11 is 6.40. The summed E-state index contributed by atoms with van der Waals surface area (Å²) in [7, 11) is 17.3. The van der Waals surface area contributed by atoms with Crippen LogP contribution in [0, 0.1) is 0 Å². The van der Waals surface area contributed by atoms with Gasteiger partial charge < -0.3 is 0 Å².